The minimum Gasteiger partial charge on any atom is -0.467 e. The summed E-state index contributed by atoms with van der Waals surface area (Å²) >= 11 is 0. The summed E-state index contributed by atoms with van der Waals surface area (Å²) in [7, 11) is 1.28. The second kappa shape index (κ2) is 2.56. The van der Waals surface area contributed by atoms with E-state index in [1.165, 1.54) is 7.11 Å². The molecule has 0 radical (unpaired) electrons. The van der Waals surface area contributed by atoms with E-state index in [0.717, 1.165) is 0 Å². The summed E-state index contributed by atoms with van der Waals surface area (Å²) in [6, 6.07) is 2.03. The lowest BCUT2D eigenvalue weighted by molar-refractivity contribution is -0.162. The molecule has 1 saturated heterocycles. The molecule has 1 fully saturated rings. The summed E-state index contributed by atoms with van der Waals surface area (Å²) in [4.78, 5) is 11.4. The van der Waals surface area contributed by atoms with Crippen LogP contribution in [0.1, 0.15) is 6.42 Å². The van der Waals surface area contributed by atoms with Gasteiger partial charge in [0.1, 0.15) is 0 Å². The minimum atomic E-state index is -1.14. The van der Waals surface area contributed by atoms with E-state index in [1.54, 1.807) is 12.2 Å². The fourth-order valence-corrected chi connectivity index (χ4v) is 1.92. The molecule has 0 aromatic carbocycles. The third-order valence-electron chi connectivity index (χ3n) is 2.71. The molecule has 0 aromatic rings. The van der Waals surface area contributed by atoms with E-state index in [4.69, 9.17) is 15.7 Å². The number of carbonyl (C=O) groups excluding carboxylic acids is 1. The lowest BCUT2D eigenvalue weighted by Crippen LogP contribution is -2.42. The van der Waals surface area contributed by atoms with Gasteiger partial charge in [0.2, 0.25) is 0 Å². The van der Waals surface area contributed by atoms with Gasteiger partial charge in [0.15, 0.2) is 11.3 Å². The number of carbonyl (C=O) groups is 1. The average Bonchev–Trinajstić information content (AvgIpc) is 2.67. The molecule has 5 nitrogen and oxygen atoms in total. The van der Waals surface area contributed by atoms with Gasteiger partial charge in [0.05, 0.1) is 19.1 Å². The van der Waals surface area contributed by atoms with Gasteiger partial charge in [-0.3, -0.25) is 5.73 Å². The Morgan fingerprint density at radius 2 is 2.50 bits per heavy atom. The predicted octanol–water partition coefficient (Wildman–Crippen LogP) is -0.317. The highest BCUT2D eigenvalue weighted by atomic mass is 16.6. The number of nitrogens with zero attached hydrogens (tertiary/aromatic N) is 1. The van der Waals surface area contributed by atoms with Crippen LogP contribution < -0.4 is 5.73 Å². The van der Waals surface area contributed by atoms with E-state index in [0.29, 0.717) is 0 Å². The average molecular weight is 194 g/mol. The summed E-state index contributed by atoms with van der Waals surface area (Å²) in [5, 5.41) is 8.83. The lowest BCUT2D eigenvalue weighted by Gasteiger charge is -2.19. The Morgan fingerprint density at radius 1 is 1.79 bits per heavy atom. The smallest absolute Gasteiger partial charge is 0.342 e. The summed E-state index contributed by atoms with van der Waals surface area (Å²) in [5.41, 5.74) is 3.54. The van der Waals surface area contributed by atoms with Crippen LogP contribution in [0.4, 0.5) is 0 Å². The molecule has 0 aliphatic carbocycles. The molecule has 3 unspecified atom stereocenters. The molecular weight excluding hydrogens is 184 g/mol. The van der Waals surface area contributed by atoms with Gasteiger partial charge >= 0.3 is 5.97 Å². The Hall–Kier alpha value is -1.38. The quantitative estimate of drug-likeness (QED) is 0.457. The molecule has 0 amide bonds. The van der Waals surface area contributed by atoms with Gasteiger partial charge in [-0.05, 0) is 12.2 Å². The maximum atomic E-state index is 11.4. The van der Waals surface area contributed by atoms with Crippen molar-refractivity contribution in [1.82, 2.24) is 0 Å². The van der Waals surface area contributed by atoms with Crippen molar-refractivity contribution >= 4 is 5.97 Å². The maximum absolute atomic E-state index is 11.4. The van der Waals surface area contributed by atoms with Gasteiger partial charge in [-0.25, -0.2) is 4.79 Å². The van der Waals surface area contributed by atoms with Gasteiger partial charge in [-0.1, -0.05) is 0 Å². The van der Waals surface area contributed by atoms with Crippen LogP contribution in [0.2, 0.25) is 0 Å². The van der Waals surface area contributed by atoms with E-state index < -0.39 is 23.2 Å². The summed E-state index contributed by atoms with van der Waals surface area (Å²) in [6.45, 7) is 0. The number of hydrogen-bond acceptors (Lipinski definition) is 5. The Labute approximate surface area is 81.1 Å². The molecule has 2 heterocycles. The molecule has 0 aromatic heterocycles. The Bertz CT molecular complexity index is 360. The number of fused-ring (bicyclic) bond motifs is 2. The summed E-state index contributed by atoms with van der Waals surface area (Å²) in [6.07, 6.45) is 3.40. The fourth-order valence-electron chi connectivity index (χ4n) is 1.92. The maximum Gasteiger partial charge on any atom is 0.342 e. The number of ether oxygens (including phenoxy) is 2. The van der Waals surface area contributed by atoms with Gasteiger partial charge in [0, 0.05) is 6.42 Å². The zero-order valence-electron chi connectivity index (χ0n) is 7.69. The van der Waals surface area contributed by atoms with Crippen LogP contribution in [-0.2, 0) is 14.3 Å². The number of esters is 1. The normalized spacial score (nSPS) is 43.6. The van der Waals surface area contributed by atoms with Crippen molar-refractivity contribution in [2.75, 3.05) is 7.11 Å². The highest BCUT2D eigenvalue weighted by Gasteiger charge is 2.61. The fraction of sp³-hybridized carbons (Fsp3) is 0.556. The molecule has 3 atom stereocenters. The van der Waals surface area contributed by atoms with E-state index >= 15 is 0 Å². The highest BCUT2D eigenvalue weighted by molar-refractivity contribution is 5.83. The second-order valence-electron chi connectivity index (χ2n) is 3.56. The van der Waals surface area contributed by atoms with Gasteiger partial charge in [-0.2, -0.15) is 5.26 Å². The molecule has 2 aliphatic heterocycles. The predicted molar refractivity (Wildman–Crippen MR) is 45.6 cm³/mol. The van der Waals surface area contributed by atoms with Crippen molar-refractivity contribution in [2.45, 2.75) is 17.7 Å². The van der Waals surface area contributed by atoms with E-state index in [-0.39, 0.29) is 6.42 Å². The molecular formula is C9H10N2O3. The van der Waals surface area contributed by atoms with Crippen molar-refractivity contribution in [1.29, 1.82) is 5.26 Å². The highest BCUT2D eigenvalue weighted by Crippen LogP contribution is 2.46. The first-order chi connectivity index (χ1) is 6.56. The van der Waals surface area contributed by atoms with Crippen LogP contribution >= 0.6 is 0 Å². The minimum absolute atomic E-state index is 0.267. The van der Waals surface area contributed by atoms with Crippen LogP contribution in [0, 0.1) is 17.2 Å². The zero-order valence-corrected chi connectivity index (χ0v) is 7.69. The van der Waals surface area contributed by atoms with Crippen LogP contribution in [0.15, 0.2) is 12.2 Å². The Balaban J connectivity index is 2.35. The number of nitriles is 1. The number of rotatable bonds is 1. The van der Waals surface area contributed by atoms with Crippen molar-refractivity contribution in [2.24, 2.45) is 11.7 Å². The zero-order chi connectivity index (χ0) is 10.4. The molecule has 0 saturated carbocycles. The Morgan fingerprint density at radius 3 is 3.00 bits per heavy atom. The second-order valence-corrected chi connectivity index (χ2v) is 3.56. The molecule has 5 heteroatoms. The van der Waals surface area contributed by atoms with E-state index in [1.807, 2.05) is 6.07 Å². The van der Waals surface area contributed by atoms with Crippen LogP contribution in [-0.4, -0.2) is 24.4 Å². The first-order valence-corrected chi connectivity index (χ1v) is 4.24. The van der Waals surface area contributed by atoms with Crippen LogP contribution in [0.25, 0.3) is 0 Å². The first-order valence-electron chi connectivity index (χ1n) is 4.24. The van der Waals surface area contributed by atoms with Crippen LogP contribution in [0.5, 0.6) is 0 Å². The van der Waals surface area contributed by atoms with Gasteiger partial charge in [-0.15, -0.1) is 0 Å². The number of methoxy groups -OCH3 is 1. The van der Waals surface area contributed by atoms with Crippen molar-refractivity contribution in [3.8, 4) is 6.07 Å². The van der Waals surface area contributed by atoms with Crippen molar-refractivity contribution < 1.29 is 14.3 Å². The SMILES string of the molecule is COC(=O)C12C=CC(N)(O1)C(C#N)C2. The monoisotopic (exact) mass is 194 g/mol. The van der Waals surface area contributed by atoms with E-state index in [9.17, 15) is 4.79 Å². The molecule has 2 N–H and O–H groups in total. The van der Waals surface area contributed by atoms with Crippen molar-refractivity contribution in [3.63, 3.8) is 0 Å². The molecule has 74 valence electrons. The molecule has 2 aliphatic rings. The van der Waals surface area contributed by atoms with Crippen molar-refractivity contribution in [3.05, 3.63) is 12.2 Å². The summed E-state index contributed by atoms with van der Waals surface area (Å²) in [5.74, 6) is -0.995. The standard InChI is InChI=1S/C9H10N2O3/c1-13-7(12)8-2-3-9(11,14-8)6(4-8)5-10/h2-3,6H,4,11H2,1H3. The third-order valence-corrected chi connectivity index (χ3v) is 2.71. The molecule has 2 bridgehead atoms. The third kappa shape index (κ3) is 0.924. The number of hydrogen-bond donors (Lipinski definition) is 1. The Kier molecular flexibility index (Phi) is 1.68. The topological polar surface area (TPSA) is 85.3 Å². The first kappa shape index (κ1) is 9.19. The largest absolute Gasteiger partial charge is 0.467 e. The van der Waals surface area contributed by atoms with Crippen LogP contribution in [0.3, 0.4) is 0 Å². The van der Waals surface area contributed by atoms with E-state index in [2.05, 4.69) is 4.74 Å². The summed E-state index contributed by atoms with van der Waals surface area (Å²) < 4.78 is 9.99. The van der Waals surface area contributed by atoms with Gasteiger partial charge < -0.3 is 9.47 Å². The lowest BCUT2D eigenvalue weighted by atomic mass is 9.84. The molecule has 2 rings (SSSR count). The molecule has 0 spiro atoms. The number of nitrogens with two attached hydrogens (primary N) is 1. The van der Waals surface area contributed by atoms with Gasteiger partial charge in [0.25, 0.3) is 0 Å². The molecule has 14 heavy (non-hydrogen) atoms.